The Kier molecular flexibility index (Phi) is 33.0. The first-order chi connectivity index (χ1) is 61.9. The molecule has 5 N–H and O–H groups in total. The normalized spacial score (nSPS) is 19.3. The smallest absolute Gasteiger partial charge is 0.286 e. The van der Waals surface area contributed by atoms with E-state index in [4.69, 9.17) is 28.4 Å². The number of amides is 10. The number of nitrogens with one attached hydrogen (secondary N) is 5. The van der Waals surface area contributed by atoms with Gasteiger partial charge in [-0.15, -0.1) is 0 Å². The zero-order chi connectivity index (χ0) is 93.5. The van der Waals surface area contributed by atoms with Crippen molar-refractivity contribution in [3.63, 3.8) is 0 Å². The lowest BCUT2D eigenvalue weighted by atomic mass is 9.99. The van der Waals surface area contributed by atoms with Crippen LogP contribution in [0, 0.1) is 17.5 Å². The van der Waals surface area contributed by atoms with Crippen LogP contribution in [-0.2, 0) is 56.1 Å². The second-order valence-electron chi connectivity index (χ2n) is 30.6. The van der Waals surface area contributed by atoms with Gasteiger partial charge < -0.3 is 28.4 Å². The molecule has 10 amide bonds. The summed E-state index contributed by atoms with van der Waals surface area (Å²) in [6.45, 7) is 7.91. The number of ketones is 5. The lowest BCUT2D eigenvalue weighted by molar-refractivity contribution is -0.122. The van der Waals surface area contributed by atoms with Crippen molar-refractivity contribution in [2.45, 2.75) is 90.5 Å². The summed E-state index contributed by atoms with van der Waals surface area (Å²) in [4.78, 5) is 176. The highest BCUT2D eigenvalue weighted by Gasteiger charge is 2.48. The maximum atomic E-state index is 13.6. The molecule has 0 aliphatic carbocycles. The van der Waals surface area contributed by atoms with Crippen molar-refractivity contribution in [1.29, 1.82) is 0 Å². The topological polar surface area (TPSA) is 372 Å². The first-order valence-corrected chi connectivity index (χ1v) is 43.9. The van der Waals surface area contributed by atoms with Gasteiger partial charge in [0.1, 0.15) is 75.7 Å². The Bertz CT molecular complexity index is 5950. The van der Waals surface area contributed by atoms with Crippen LogP contribution in [0.1, 0.15) is 114 Å². The van der Waals surface area contributed by atoms with E-state index in [1.54, 1.807) is 181 Å². The fraction of sp³-hybridized carbons (Fsp3) is 0.219. The summed E-state index contributed by atoms with van der Waals surface area (Å²) in [5.41, 5.74) is 6.18. The summed E-state index contributed by atoms with van der Waals surface area (Å²) in [6, 6.07) is 67.5. The summed E-state index contributed by atoms with van der Waals surface area (Å²) in [7, 11) is 1.55. The van der Waals surface area contributed by atoms with Crippen molar-refractivity contribution >= 4 is 143 Å². The van der Waals surface area contributed by atoms with Gasteiger partial charge >= 0.3 is 0 Å². The summed E-state index contributed by atoms with van der Waals surface area (Å²) < 4.78 is 68.0. The van der Waals surface area contributed by atoms with E-state index < -0.39 is 47.0 Å². The highest BCUT2D eigenvalue weighted by Crippen LogP contribution is 2.40. The molecule has 5 fully saturated rings. The molecule has 670 valence electrons. The molecule has 5 heterocycles. The van der Waals surface area contributed by atoms with Crippen LogP contribution in [0.4, 0.5) is 37.1 Å². The summed E-state index contributed by atoms with van der Waals surface area (Å²) >= 11 is 4.96. The summed E-state index contributed by atoms with van der Waals surface area (Å²) in [5, 5.41) is 9.83. The number of carbonyl (C=O) groups excluding carboxylic acids is 15. The minimum Gasteiger partial charge on any atom is -0.497 e. The molecule has 5 atom stereocenters. The van der Waals surface area contributed by atoms with Crippen molar-refractivity contribution in [3.8, 4) is 34.5 Å². The largest absolute Gasteiger partial charge is 0.497 e. The standard InChI is InChI=1S/C20H19NO5S.3C19H16FNO4S.C19H17NO4S/c1-20(18(23)21-19(24)27-20)11-13-6-8-15(9-7-13)26-12-17(22)14-4-3-5-16(10-14)25-2;1-19(17(23)21-18(24)26-19)10-12-2-8-15(9-3-12)25-11-16(22)13-4-6-14(20)7-5-13;1-19(17(23)21-18(24)26-19)10-12-5-7-15(8-6-12)25-11-16(22)13-3-2-4-14(20)9-13;1-19(17(23)21-18(24)26-19)10-12-6-8-13(9-7-12)25-11-16(22)14-4-2-3-5-15(14)20;1-19(17(22)20-18(23)25-19)11-13-7-9-15(10-8-13)24-12-16(21)14-5-3-2-4-6-14/h3-10H,11-12H2,1-2H3,(H,21,23,24);3*2-9H,10-11H2,1H3,(H,21,23,24);2-10H,11-12H2,1H3,(H,20,22,23). The van der Waals surface area contributed by atoms with E-state index in [-0.39, 0.29) is 123 Å². The Labute approximate surface area is 765 Å². The van der Waals surface area contributed by atoms with Crippen molar-refractivity contribution < 1.29 is 114 Å². The number of hydrogen-bond acceptors (Lipinski definition) is 26. The fourth-order valence-corrected chi connectivity index (χ4v) is 17.8. The van der Waals surface area contributed by atoms with Gasteiger partial charge in [-0.2, -0.15) is 0 Å². The van der Waals surface area contributed by atoms with Gasteiger partial charge in [0.2, 0.25) is 35.3 Å². The van der Waals surface area contributed by atoms with Gasteiger partial charge in [0.05, 0.1) is 12.7 Å². The molecular formula is C96H84F3N5O21S5. The number of Topliss-reactive ketones (excluding diaryl/α,β-unsaturated/α-hetero) is 5. The lowest BCUT2D eigenvalue weighted by Gasteiger charge is -2.18. The Morgan fingerprint density at radius 2 is 0.531 bits per heavy atom. The zero-order valence-electron chi connectivity index (χ0n) is 70.5. The maximum Gasteiger partial charge on any atom is 0.286 e. The van der Waals surface area contributed by atoms with E-state index in [2.05, 4.69) is 26.6 Å². The molecule has 0 saturated carbocycles. The van der Waals surface area contributed by atoms with Crippen molar-refractivity contribution in [1.82, 2.24) is 26.6 Å². The Morgan fingerprint density at radius 3 is 0.815 bits per heavy atom. The van der Waals surface area contributed by atoms with E-state index in [1.165, 1.54) is 66.7 Å². The minimum atomic E-state index is -0.833. The number of methoxy groups -OCH3 is 1. The number of hydrogen-bond donors (Lipinski definition) is 5. The minimum absolute atomic E-state index is 0.00835. The second kappa shape index (κ2) is 44.1. The molecule has 26 nitrogen and oxygen atoms in total. The van der Waals surface area contributed by atoms with Crippen LogP contribution < -0.4 is 55.0 Å². The molecule has 0 aromatic heterocycles. The monoisotopic (exact) mass is 1860 g/mol. The number of halogens is 3. The molecule has 5 aliphatic rings. The molecule has 34 heteroatoms. The predicted molar refractivity (Wildman–Crippen MR) is 486 cm³/mol. The van der Waals surface area contributed by atoms with Gasteiger partial charge in [-0.05, 0) is 275 Å². The first-order valence-electron chi connectivity index (χ1n) is 39.9. The molecule has 0 bridgehead atoms. The number of thioether (sulfide) groups is 5. The first kappa shape index (κ1) is 97.2. The number of carbonyl (C=O) groups is 15. The molecule has 10 aromatic rings. The van der Waals surface area contributed by atoms with Gasteiger partial charge in [-0.1, -0.05) is 127 Å². The van der Waals surface area contributed by atoms with Crippen LogP contribution in [0.5, 0.6) is 34.5 Å². The van der Waals surface area contributed by atoms with E-state index in [0.29, 0.717) is 83.3 Å². The van der Waals surface area contributed by atoms with Crippen LogP contribution in [0.25, 0.3) is 0 Å². The Balaban J connectivity index is 0.000000157. The van der Waals surface area contributed by atoms with Gasteiger partial charge in [0.25, 0.3) is 26.2 Å². The molecule has 5 aliphatic heterocycles. The average molecular weight is 1860 g/mol. The van der Waals surface area contributed by atoms with Gasteiger partial charge in [0, 0.05) is 22.3 Å². The Hall–Kier alpha value is -13.4. The van der Waals surface area contributed by atoms with Crippen LogP contribution in [0.15, 0.2) is 249 Å². The molecular weight excluding hydrogens is 1780 g/mol. The molecule has 10 aromatic carbocycles. The van der Waals surface area contributed by atoms with E-state index >= 15 is 0 Å². The molecule has 0 radical (unpaired) electrons. The van der Waals surface area contributed by atoms with Crippen LogP contribution in [0.2, 0.25) is 0 Å². The van der Waals surface area contributed by atoms with E-state index in [9.17, 15) is 85.1 Å². The predicted octanol–water partition coefficient (Wildman–Crippen LogP) is 16.6. The number of benzene rings is 10. The van der Waals surface area contributed by atoms with Gasteiger partial charge in [0.15, 0.2) is 56.2 Å². The SMILES string of the molecule is CC1(Cc2ccc(OCC(=O)c3ccc(F)cc3)cc2)SC(=O)NC1=O.CC1(Cc2ccc(OCC(=O)c3cccc(F)c3)cc2)SC(=O)NC1=O.CC1(Cc2ccc(OCC(=O)c3ccccc3)cc2)SC(=O)NC1=O.CC1(Cc2ccc(OCC(=O)c3ccccc3F)cc2)SC(=O)NC1=O.COc1cccc(C(=O)COc2ccc(CC3(C)SC(=O)NC3=O)cc2)c1. The van der Waals surface area contributed by atoms with E-state index in [0.717, 1.165) is 86.6 Å². The summed E-state index contributed by atoms with van der Waals surface area (Å²) in [6.07, 6.45) is 2.07. The third-order valence-electron chi connectivity index (χ3n) is 20.2. The molecule has 130 heavy (non-hydrogen) atoms. The third kappa shape index (κ3) is 27.3. The van der Waals surface area contributed by atoms with Gasteiger partial charge in [-0.25, -0.2) is 13.2 Å². The highest BCUT2D eigenvalue weighted by atomic mass is 32.2. The third-order valence-corrected chi connectivity index (χ3v) is 25.6. The quantitative estimate of drug-likeness (QED) is 0.0252. The van der Waals surface area contributed by atoms with Crippen molar-refractivity contribution in [3.05, 3.63) is 322 Å². The maximum absolute atomic E-state index is 13.6. The van der Waals surface area contributed by atoms with Crippen molar-refractivity contribution in [2.75, 3.05) is 40.1 Å². The van der Waals surface area contributed by atoms with Crippen molar-refractivity contribution in [2.24, 2.45) is 0 Å². The average Bonchev–Trinajstić information content (AvgIpc) is 1.68. The fourth-order valence-electron chi connectivity index (χ4n) is 13.1. The molecule has 5 unspecified atom stereocenters. The Morgan fingerprint density at radius 1 is 0.269 bits per heavy atom. The molecule has 15 rings (SSSR count). The van der Waals surface area contributed by atoms with Crippen LogP contribution >= 0.6 is 58.8 Å². The zero-order valence-corrected chi connectivity index (χ0v) is 74.6. The van der Waals surface area contributed by atoms with Crippen LogP contribution in [-0.4, -0.2) is 149 Å². The van der Waals surface area contributed by atoms with Crippen LogP contribution in [0.3, 0.4) is 0 Å². The van der Waals surface area contributed by atoms with Gasteiger partial charge in [-0.3, -0.25) is 98.5 Å². The summed E-state index contributed by atoms with van der Waals surface area (Å²) in [5.74, 6) is -0.931. The second-order valence-corrected chi connectivity index (χ2v) is 38.0. The number of imide groups is 5. The molecule has 5 saturated heterocycles. The lowest BCUT2D eigenvalue weighted by Crippen LogP contribution is -2.35. The van der Waals surface area contributed by atoms with E-state index in [1.807, 2.05) is 42.5 Å². The highest BCUT2D eigenvalue weighted by molar-refractivity contribution is 8.17. The number of rotatable bonds is 31. The molecule has 0 spiro atoms. The number of ether oxygens (including phenoxy) is 6.